The summed E-state index contributed by atoms with van der Waals surface area (Å²) in [5, 5.41) is 0. The molecule has 0 amide bonds. The predicted octanol–water partition coefficient (Wildman–Crippen LogP) is 5.82. The molecule has 1 nitrogen and oxygen atoms in total. The Bertz CT molecular complexity index is 398. The molecule has 0 bridgehead atoms. The van der Waals surface area contributed by atoms with E-state index < -0.39 is 0 Å². The zero-order valence-corrected chi connectivity index (χ0v) is 14.4. The zero-order chi connectivity index (χ0) is 15.2. The van der Waals surface area contributed by atoms with Gasteiger partial charge in [0.25, 0.3) is 0 Å². The van der Waals surface area contributed by atoms with Crippen LogP contribution in [0.15, 0.2) is 18.2 Å². The first kappa shape index (κ1) is 17.2. The van der Waals surface area contributed by atoms with Gasteiger partial charge in [0.1, 0.15) is 0 Å². The first-order chi connectivity index (χ1) is 9.22. The van der Waals surface area contributed by atoms with Gasteiger partial charge in [-0.3, -0.25) is 4.98 Å². The van der Waals surface area contributed by atoms with Gasteiger partial charge in [0.2, 0.25) is 0 Å². The van der Waals surface area contributed by atoms with E-state index in [1.807, 2.05) is 0 Å². The van der Waals surface area contributed by atoms with Gasteiger partial charge in [0, 0.05) is 11.4 Å². The first-order valence-electron chi connectivity index (χ1n) is 8.17. The number of rotatable bonds is 7. The average Bonchev–Trinajstić information content (AvgIpc) is 2.26. The second-order valence-electron chi connectivity index (χ2n) is 8.13. The average molecular weight is 275 g/mol. The fraction of sp³-hybridized carbons (Fsp3) is 0.737. The molecule has 0 aromatic carbocycles. The van der Waals surface area contributed by atoms with Crippen LogP contribution in [0.25, 0.3) is 0 Å². The van der Waals surface area contributed by atoms with Crippen LogP contribution in [0.5, 0.6) is 0 Å². The van der Waals surface area contributed by atoms with E-state index in [0.29, 0.717) is 10.8 Å². The molecule has 0 N–H and O–H groups in total. The molecule has 1 aromatic heterocycles. The summed E-state index contributed by atoms with van der Waals surface area (Å²) in [7, 11) is 0. The summed E-state index contributed by atoms with van der Waals surface area (Å²) in [6.45, 7) is 13.9. The summed E-state index contributed by atoms with van der Waals surface area (Å²) in [6.07, 6.45) is 7.22. The Kier molecular flexibility index (Phi) is 6.23. The van der Waals surface area contributed by atoms with Crippen LogP contribution in [0.1, 0.15) is 78.6 Å². The van der Waals surface area contributed by atoms with Crippen LogP contribution in [0.4, 0.5) is 0 Å². The highest BCUT2D eigenvalue weighted by atomic mass is 14.7. The third-order valence-corrected chi connectivity index (χ3v) is 3.81. The van der Waals surface area contributed by atoms with E-state index in [9.17, 15) is 0 Å². The van der Waals surface area contributed by atoms with E-state index in [0.717, 1.165) is 12.8 Å². The third-order valence-electron chi connectivity index (χ3n) is 3.81. The van der Waals surface area contributed by atoms with Gasteiger partial charge in [-0.05, 0) is 55.1 Å². The molecule has 1 heteroatoms. The lowest BCUT2D eigenvalue weighted by Crippen LogP contribution is -2.15. The van der Waals surface area contributed by atoms with Crippen molar-refractivity contribution in [3.05, 3.63) is 29.6 Å². The van der Waals surface area contributed by atoms with Crippen LogP contribution >= 0.6 is 0 Å². The Morgan fingerprint density at radius 1 is 0.950 bits per heavy atom. The minimum Gasteiger partial charge on any atom is -0.258 e. The summed E-state index contributed by atoms with van der Waals surface area (Å²) < 4.78 is 0. The van der Waals surface area contributed by atoms with Gasteiger partial charge >= 0.3 is 0 Å². The fourth-order valence-electron chi connectivity index (χ4n) is 2.82. The number of nitrogens with zero attached hydrogens (tertiary/aromatic N) is 1. The highest BCUT2D eigenvalue weighted by Gasteiger charge is 2.18. The normalized spacial score (nSPS) is 12.7. The number of pyridine rings is 1. The van der Waals surface area contributed by atoms with Crippen molar-refractivity contribution >= 4 is 0 Å². The highest BCUT2D eigenvalue weighted by molar-refractivity contribution is 5.12. The molecule has 0 radical (unpaired) electrons. The molecular weight excluding hydrogens is 242 g/mol. The number of hydrogen-bond acceptors (Lipinski definition) is 1. The quantitative estimate of drug-likeness (QED) is 0.611. The van der Waals surface area contributed by atoms with Gasteiger partial charge in [-0.25, -0.2) is 0 Å². The van der Waals surface area contributed by atoms with E-state index >= 15 is 0 Å². The van der Waals surface area contributed by atoms with Gasteiger partial charge in [-0.2, -0.15) is 0 Å². The van der Waals surface area contributed by atoms with Crippen LogP contribution in [-0.4, -0.2) is 4.98 Å². The van der Waals surface area contributed by atoms with Crippen molar-refractivity contribution in [1.82, 2.24) is 4.98 Å². The van der Waals surface area contributed by atoms with Crippen LogP contribution < -0.4 is 0 Å². The Balaban J connectivity index is 2.57. The third kappa shape index (κ3) is 7.07. The van der Waals surface area contributed by atoms with Crippen LogP contribution in [0.2, 0.25) is 0 Å². The zero-order valence-electron chi connectivity index (χ0n) is 14.4. The molecule has 0 atom stereocenters. The second-order valence-corrected chi connectivity index (χ2v) is 8.13. The van der Waals surface area contributed by atoms with Gasteiger partial charge in [-0.15, -0.1) is 0 Å². The Hall–Kier alpha value is -0.850. The van der Waals surface area contributed by atoms with Crippen molar-refractivity contribution in [3.8, 4) is 0 Å². The van der Waals surface area contributed by atoms with Gasteiger partial charge in [-0.1, -0.05) is 54.0 Å². The molecule has 1 aromatic rings. The monoisotopic (exact) mass is 275 g/mol. The van der Waals surface area contributed by atoms with Crippen LogP contribution in [0, 0.1) is 10.8 Å². The second kappa shape index (κ2) is 7.24. The summed E-state index contributed by atoms with van der Waals surface area (Å²) in [4.78, 5) is 4.86. The maximum Gasteiger partial charge on any atom is 0.0412 e. The first-order valence-corrected chi connectivity index (χ1v) is 8.17. The molecule has 20 heavy (non-hydrogen) atoms. The molecule has 0 fully saturated rings. The molecule has 1 rings (SSSR count). The van der Waals surface area contributed by atoms with Gasteiger partial charge < -0.3 is 0 Å². The maximum absolute atomic E-state index is 4.86. The topological polar surface area (TPSA) is 12.9 Å². The lowest BCUT2D eigenvalue weighted by Gasteiger charge is -2.23. The molecular formula is C19H33N. The molecule has 0 aliphatic heterocycles. The summed E-state index contributed by atoms with van der Waals surface area (Å²) in [5.41, 5.74) is 3.32. The SMILES string of the molecule is CCCC(C)(C)Cc1cccc(CCCC(C)(C)C)n1. The highest BCUT2D eigenvalue weighted by Crippen LogP contribution is 2.27. The molecule has 0 unspecified atom stereocenters. The fourth-order valence-corrected chi connectivity index (χ4v) is 2.82. The van der Waals surface area contributed by atoms with Crippen LogP contribution in [0.3, 0.4) is 0 Å². The van der Waals surface area contributed by atoms with Crippen molar-refractivity contribution in [3.63, 3.8) is 0 Å². The molecule has 0 saturated carbocycles. The van der Waals surface area contributed by atoms with Crippen molar-refractivity contribution in [2.45, 2.75) is 80.1 Å². The lowest BCUT2D eigenvalue weighted by molar-refractivity contribution is 0.325. The van der Waals surface area contributed by atoms with E-state index in [2.05, 4.69) is 59.7 Å². The van der Waals surface area contributed by atoms with Crippen molar-refractivity contribution in [2.24, 2.45) is 10.8 Å². The molecule has 0 aliphatic carbocycles. The van der Waals surface area contributed by atoms with Crippen molar-refractivity contribution in [2.75, 3.05) is 0 Å². The van der Waals surface area contributed by atoms with Crippen molar-refractivity contribution in [1.29, 1.82) is 0 Å². The number of hydrogen-bond donors (Lipinski definition) is 0. The van der Waals surface area contributed by atoms with E-state index in [4.69, 9.17) is 4.98 Å². The Morgan fingerprint density at radius 3 is 2.20 bits per heavy atom. The minimum atomic E-state index is 0.367. The molecule has 0 aliphatic rings. The Morgan fingerprint density at radius 2 is 1.60 bits per heavy atom. The van der Waals surface area contributed by atoms with E-state index in [-0.39, 0.29) is 0 Å². The van der Waals surface area contributed by atoms with E-state index in [1.165, 1.54) is 37.1 Å². The smallest absolute Gasteiger partial charge is 0.0412 e. The van der Waals surface area contributed by atoms with Crippen LogP contribution in [-0.2, 0) is 12.8 Å². The lowest BCUT2D eigenvalue weighted by atomic mass is 9.83. The van der Waals surface area contributed by atoms with Gasteiger partial charge in [0.05, 0.1) is 0 Å². The maximum atomic E-state index is 4.86. The Labute approximate surface area is 126 Å². The molecule has 0 spiro atoms. The molecule has 1 heterocycles. The predicted molar refractivity (Wildman–Crippen MR) is 89.0 cm³/mol. The number of aryl methyl sites for hydroxylation is 1. The van der Waals surface area contributed by atoms with Gasteiger partial charge in [0.15, 0.2) is 0 Å². The summed E-state index contributed by atoms with van der Waals surface area (Å²) in [6, 6.07) is 6.54. The standard InChI is InChI=1S/C19H33N/c1-7-13-19(5,6)15-17-11-8-10-16(20-17)12-9-14-18(2,3)4/h8,10-11H,7,9,12-15H2,1-6H3. The molecule has 0 saturated heterocycles. The number of aromatic nitrogens is 1. The van der Waals surface area contributed by atoms with Crippen molar-refractivity contribution < 1.29 is 0 Å². The summed E-state index contributed by atoms with van der Waals surface area (Å²) in [5.74, 6) is 0. The minimum absolute atomic E-state index is 0.367. The summed E-state index contributed by atoms with van der Waals surface area (Å²) >= 11 is 0. The van der Waals surface area contributed by atoms with E-state index in [1.54, 1.807) is 0 Å². The molecule has 114 valence electrons. The largest absolute Gasteiger partial charge is 0.258 e.